The van der Waals surface area contributed by atoms with Crippen LogP contribution in [-0.2, 0) is 25.7 Å². The molecular formula is C23H19F3N6O. The lowest BCUT2D eigenvalue weighted by Crippen LogP contribution is -2.36. The van der Waals surface area contributed by atoms with Crippen molar-refractivity contribution >= 4 is 0 Å². The summed E-state index contributed by atoms with van der Waals surface area (Å²) in [6, 6.07) is 13.4. The van der Waals surface area contributed by atoms with Gasteiger partial charge in [0.25, 0.3) is 5.56 Å². The van der Waals surface area contributed by atoms with Crippen molar-refractivity contribution in [3.8, 4) is 16.9 Å². The van der Waals surface area contributed by atoms with Gasteiger partial charge < -0.3 is 4.98 Å². The van der Waals surface area contributed by atoms with Crippen molar-refractivity contribution in [1.29, 1.82) is 0 Å². The number of aromatic nitrogens is 5. The van der Waals surface area contributed by atoms with Crippen molar-refractivity contribution in [3.63, 3.8) is 0 Å². The zero-order chi connectivity index (χ0) is 23.0. The molecule has 0 radical (unpaired) electrons. The first kappa shape index (κ1) is 21.1. The van der Waals surface area contributed by atoms with Crippen LogP contribution in [0.1, 0.15) is 22.6 Å². The van der Waals surface area contributed by atoms with E-state index in [2.05, 4.69) is 9.97 Å². The van der Waals surface area contributed by atoms with Crippen LogP contribution < -0.4 is 5.56 Å². The molecule has 4 aromatic rings. The first-order valence-electron chi connectivity index (χ1n) is 10.3. The SMILES string of the molecule is O=c1[nH]c(C(F)(F)F)nc2c1CN(Cc1cn(-c3ccccc3)nc1-c1ccncc1)CC2. The number of aromatic amines is 1. The molecule has 5 rings (SSSR count). The summed E-state index contributed by atoms with van der Waals surface area (Å²) in [5.41, 5.74) is 3.26. The number of halogens is 3. The lowest BCUT2D eigenvalue weighted by atomic mass is 10.0. The van der Waals surface area contributed by atoms with Crippen LogP contribution in [0.25, 0.3) is 16.9 Å². The van der Waals surface area contributed by atoms with Crippen molar-refractivity contribution in [2.24, 2.45) is 0 Å². The Morgan fingerprint density at radius 3 is 2.55 bits per heavy atom. The molecule has 10 heteroatoms. The highest BCUT2D eigenvalue weighted by Crippen LogP contribution is 2.28. The van der Waals surface area contributed by atoms with E-state index in [9.17, 15) is 18.0 Å². The van der Waals surface area contributed by atoms with Crippen LogP contribution in [0.3, 0.4) is 0 Å². The summed E-state index contributed by atoms with van der Waals surface area (Å²) in [5.74, 6) is -1.25. The second-order valence-corrected chi connectivity index (χ2v) is 7.82. The number of benzene rings is 1. The van der Waals surface area contributed by atoms with Crippen LogP contribution in [0.5, 0.6) is 0 Å². The highest BCUT2D eigenvalue weighted by molar-refractivity contribution is 5.62. The molecule has 1 aromatic carbocycles. The minimum absolute atomic E-state index is 0.205. The van der Waals surface area contributed by atoms with Gasteiger partial charge in [0.2, 0.25) is 5.82 Å². The molecule has 0 bridgehead atoms. The second-order valence-electron chi connectivity index (χ2n) is 7.82. The largest absolute Gasteiger partial charge is 0.449 e. The topological polar surface area (TPSA) is 79.7 Å². The van der Waals surface area contributed by atoms with Gasteiger partial charge in [0.1, 0.15) is 0 Å². The van der Waals surface area contributed by atoms with Crippen LogP contribution in [-0.4, -0.2) is 36.2 Å². The first-order valence-corrected chi connectivity index (χ1v) is 10.3. The van der Waals surface area contributed by atoms with Gasteiger partial charge in [-0.1, -0.05) is 18.2 Å². The van der Waals surface area contributed by atoms with Gasteiger partial charge in [0.05, 0.1) is 22.6 Å². The number of pyridine rings is 1. The van der Waals surface area contributed by atoms with E-state index in [1.165, 1.54) is 0 Å². The van der Waals surface area contributed by atoms with Crippen LogP contribution in [0.4, 0.5) is 13.2 Å². The van der Waals surface area contributed by atoms with Gasteiger partial charge in [0.15, 0.2) is 0 Å². The maximum absolute atomic E-state index is 13.0. The Morgan fingerprint density at radius 2 is 1.82 bits per heavy atom. The fourth-order valence-electron chi connectivity index (χ4n) is 3.98. The predicted octanol–water partition coefficient (Wildman–Crippen LogP) is 3.59. The summed E-state index contributed by atoms with van der Waals surface area (Å²) in [7, 11) is 0. The van der Waals surface area contributed by atoms with Crippen LogP contribution in [0.15, 0.2) is 65.8 Å². The molecule has 0 fully saturated rings. The molecule has 0 saturated carbocycles. The molecule has 33 heavy (non-hydrogen) atoms. The van der Waals surface area contributed by atoms with Gasteiger partial charge in [-0.05, 0) is 24.3 Å². The number of hydrogen-bond acceptors (Lipinski definition) is 5. The molecule has 4 heterocycles. The molecule has 1 aliphatic rings. The monoisotopic (exact) mass is 452 g/mol. The van der Waals surface area contributed by atoms with Crippen LogP contribution in [0, 0.1) is 0 Å². The minimum Gasteiger partial charge on any atom is -0.303 e. The van der Waals surface area contributed by atoms with Crippen molar-refractivity contribution in [2.75, 3.05) is 6.54 Å². The quantitative estimate of drug-likeness (QED) is 0.512. The normalized spacial score (nSPS) is 14.3. The Morgan fingerprint density at radius 1 is 1.06 bits per heavy atom. The number of alkyl halides is 3. The molecule has 0 unspecified atom stereocenters. The molecule has 0 atom stereocenters. The predicted molar refractivity (Wildman–Crippen MR) is 114 cm³/mol. The lowest BCUT2D eigenvalue weighted by Gasteiger charge is -2.27. The third kappa shape index (κ3) is 4.29. The van der Waals surface area contributed by atoms with E-state index in [0.717, 1.165) is 22.5 Å². The Hall–Kier alpha value is -3.79. The van der Waals surface area contributed by atoms with Gasteiger partial charge in [0, 0.05) is 55.8 Å². The van der Waals surface area contributed by atoms with Crippen molar-refractivity contribution in [2.45, 2.75) is 25.7 Å². The smallest absolute Gasteiger partial charge is 0.303 e. The maximum Gasteiger partial charge on any atom is 0.449 e. The zero-order valence-electron chi connectivity index (χ0n) is 17.4. The molecule has 0 aliphatic carbocycles. The number of rotatable bonds is 4. The van der Waals surface area contributed by atoms with Crippen molar-refractivity contribution < 1.29 is 13.2 Å². The van der Waals surface area contributed by atoms with Gasteiger partial charge >= 0.3 is 6.18 Å². The average molecular weight is 452 g/mol. The van der Waals surface area contributed by atoms with Crippen molar-refractivity contribution in [3.05, 3.63) is 94.1 Å². The van der Waals surface area contributed by atoms with E-state index in [1.54, 1.807) is 17.1 Å². The third-order valence-corrected chi connectivity index (χ3v) is 5.57. The minimum atomic E-state index is -4.68. The van der Waals surface area contributed by atoms with Gasteiger partial charge in [-0.15, -0.1) is 0 Å². The Bertz CT molecular complexity index is 1330. The van der Waals surface area contributed by atoms with E-state index >= 15 is 0 Å². The number of para-hydroxylation sites is 1. The fourth-order valence-corrected chi connectivity index (χ4v) is 3.98. The summed E-state index contributed by atoms with van der Waals surface area (Å²) in [5, 5.41) is 4.77. The van der Waals surface area contributed by atoms with Crippen LogP contribution in [0.2, 0.25) is 0 Å². The van der Waals surface area contributed by atoms with E-state index < -0.39 is 17.6 Å². The third-order valence-electron chi connectivity index (χ3n) is 5.57. The van der Waals surface area contributed by atoms with E-state index in [4.69, 9.17) is 5.10 Å². The maximum atomic E-state index is 13.0. The second kappa shape index (κ2) is 8.28. The number of hydrogen-bond donors (Lipinski definition) is 1. The van der Waals surface area contributed by atoms with Gasteiger partial charge in [-0.2, -0.15) is 18.3 Å². The highest BCUT2D eigenvalue weighted by Gasteiger charge is 2.36. The number of H-pyrrole nitrogens is 1. The van der Waals surface area contributed by atoms with Crippen LogP contribution >= 0.6 is 0 Å². The van der Waals surface area contributed by atoms with E-state index in [0.29, 0.717) is 13.1 Å². The first-order chi connectivity index (χ1) is 15.9. The molecule has 0 spiro atoms. The molecular weight excluding hydrogens is 433 g/mol. The number of nitrogens with zero attached hydrogens (tertiary/aromatic N) is 5. The molecule has 7 nitrogen and oxygen atoms in total. The molecule has 1 aliphatic heterocycles. The molecule has 0 saturated heterocycles. The Kier molecular flexibility index (Phi) is 5.29. The van der Waals surface area contributed by atoms with Gasteiger partial charge in [-0.25, -0.2) is 9.67 Å². The Balaban J connectivity index is 1.46. The lowest BCUT2D eigenvalue weighted by molar-refractivity contribution is -0.145. The average Bonchev–Trinajstić information content (AvgIpc) is 3.24. The Labute approximate surface area is 186 Å². The molecule has 0 amide bonds. The molecule has 168 valence electrons. The molecule has 3 aromatic heterocycles. The summed E-state index contributed by atoms with van der Waals surface area (Å²) in [6.45, 7) is 1.17. The van der Waals surface area contributed by atoms with Gasteiger partial charge in [-0.3, -0.25) is 14.7 Å². The summed E-state index contributed by atoms with van der Waals surface area (Å²) in [6.07, 6.45) is 0.912. The standard InChI is InChI=1S/C23H19F3N6O/c24-23(25,26)22-28-19-8-11-31(14-18(19)21(33)29-22)12-16-13-32(17-4-2-1-3-5-17)30-20(16)15-6-9-27-10-7-15/h1-7,9-10,13H,8,11-12,14H2,(H,28,29,33). The summed E-state index contributed by atoms with van der Waals surface area (Å²) in [4.78, 5) is 24.0. The van der Waals surface area contributed by atoms with Crippen molar-refractivity contribution in [1.82, 2.24) is 29.6 Å². The highest BCUT2D eigenvalue weighted by atomic mass is 19.4. The summed E-state index contributed by atoms with van der Waals surface area (Å²) >= 11 is 0. The summed E-state index contributed by atoms with van der Waals surface area (Å²) < 4.78 is 40.8. The zero-order valence-corrected chi connectivity index (χ0v) is 17.4. The van der Waals surface area contributed by atoms with E-state index in [1.807, 2.05) is 58.5 Å². The fraction of sp³-hybridized carbons (Fsp3) is 0.217. The molecule has 1 N–H and O–H groups in total. The van der Waals surface area contributed by atoms with E-state index in [-0.39, 0.29) is 24.2 Å². The number of nitrogens with one attached hydrogen (secondary N) is 1. The number of fused-ring (bicyclic) bond motifs is 1.